The van der Waals surface area contributed by atoms with Crippen LogP contribution >= 0.6 is 0 Å². The van der Waals surface area contributed by atoms with Crippen molar-refractivity contribution < 1.29 is 9.53 Å². The molecule has 19 heavy (non-hydrogen) atoms. The molecule has 0 saturated heterocycles. The number of hydrogen-bond donors (Lipinski definition) is 1. The summed E-state index contributed by atoms with van der Waals surface area (Å²) >= 11 is 0. The molecule has 0 aliphatic carbocycles. The standard InChI is InChI=1S/C15H20N2O2/c1-10-4-5-11(2)15-14(10)12(8-13(18)19-3)9-17(15)7-6-16/h4-5,9H,6-8,16H2,1-3H3. The fourth-order valence-corrected chi connectivity index (χ4v) is 2.57. The number of aryl methyl sites for hydroxylation is 2. The Kier molecular flexibility index (Phi) is 3.90. The lowest BCUT2D eigenvalue weighted by Gasteiger charge is -2.07. The highest BCUT2D eigenvalue weighted by Crippen LogP contribution is 2.28. The van der Waals surface area contributed by atoms with Crippen molar-refractivity contribution in [2.75, 3.05) is 13.7 Å². The number of fused-ring (bicyclic) bond motifs is 1. The second kappa shape index (κ2) is 5.45. The summed E-state index contributed by atoms with van der Waals surface area (Å²) in [4.78, 5) is 11.5. The van der Waals surface area contributed by atoms with E-state index >= 15 is 0 Å². The molecule has 2 aromatic rings. The number of nitrogens with zero attached hydrogens (tertiary/aromatic N) is 1. The summed E-state index contributed by atoms with van der Waals surface area (Å²) < 4.78 is 6.90. The van der Waals surface area contributed by atoms with Gasteiger partial charge in [-0.3, -0.25) is 4.79 Å². The zero-order valence-corrected chi connectivity index (χ0v) is 11.7. The fraction of sp³-hybridized carbons (Fsp3) is 0.400. The van der Waals surface area contributed by atoms with Gasteiger partial charge in [0.05, 0.1) is 19.0 Å². The Morgan fingerprint density at radius 2 is 2.00 bits per heavy atom. The van der Waals surface area contributed by atoms with Gasteiger partial charge in [-0.15, -0.1) is 0 Å². The van der Waals surface area contributed by atoms with Gasteiger partial charge in [-0.1, -0.05) is 12.1 Å². The van der Waals surface area contributed by atoms with Crippen LogP contribution in [-0.2, 0) is 22.5 Å². The number of carbonyl (C=O) groups excluding carboxylic acids is 1. The number of hydrogen-bond acceptors (Lipinski definition) is 3. The molecule has 102 valence electrons. The van der Waals surface area contributed by atoms with Gasteiger partial charge in [0.1, 0.15) is 0 Å². The summed E-state index contributed by atoms with van der Waals surface area (Å²) in [6.45, 7) is 5.48. The van der Waals surface area contributed by atoms with Crippen molar-refractivity contribution in [3.63, 3.8) is 0 Å². The van der Waals surface area contributed by atoms with E-state index in [4.69, 9.17) is 10.5 Å². The Morgan fingerprint density at radius 3 is 2.63 bits per heavy atom. The maximum absolute atomic E-state index is 11.5. The molecule has 0 spiro atoms. The van der Waals surface area contributed by atoms with Gasteiger partial charge < -0.3 is 15.0 Å². The van der Waals surface area contributed by atoms with Crippen molar-refractivity contribution >= 4 is 16.9 Å². The predicted octanol–water partition coefficient (Wildman–Crippen LogP) is 1.93. The number of benzene rings is 1. The summed E-state index contributed by atoms with van der Waals surface area (Å²) in [5.41, 5.74) is 10.2. The molecule has 4 nitrogen and oxygen atoms in total. The minimum absolute atomic E-state index is 0.215. The van der Waals surface area contributed by atoms with Gasteiger partial charge in [-0.05, 0) is 30.5 Å². The van der Waals surface area contributed by atoms with E-state index in [0.29, 0.717) is 13.0 Å². The first-order valence-corrected chi connectivity index (χ1v) is 6.43. The van der Waals surface area contributed by atoms with Gasteiger partial charge in [-0.2, -0.15) is 0 Å². The van der Waals surface area contributed by atoms with Gasteiger partial charge in [0.15, 0.2) is 0 Å². The lowest BCUT2D eigenvalue weighted by molar-refractivity contribution is -0.139. The molecule has 2 rings (SSSR count). The Hall–Kier alpha value is -1.81. The third-order valence-corrected chi connectivity index (χ3v) is 3.44. The molecule has 0 bridgehead atoms. The van der Waals surface area contributed by atoms with Gasteiger partial charge in [0, 0.05) is 24.7 Å². The molecule has 0 saturated carbocycles. The molecule has 4 heteroatoms. The van der Waals surface area contributed by atoms with Crippen LogP contribution in [0.2, 0.25) is 0 Å². The fourth-order valence-electron chi connectivity index (χ4n) is 2.57. The summed E-state index contributed by atoms with van der Waals surface area (Å²) in [6, 6.07) is 4.19. The molecule has 0 radical (unpaired) electrons. The number of carbonyl (C=O) groups is 1. The quantitative estimate of drug-likeness (QED) is 0.855. The first kappa shape index (κ1) is 13.6. The van der Waals surface area contributed by atoms with Crippen molar-refractivity contribution in [1.82, 2.24) is 4.57 Å². The normalized spacial score (nSPS) is 10.9. The number of rotatable bonds is 4. The third-order valence-electron chi connectivity index (χ3n) is 3.44. The number of nitrogens with two attached hydrogens (primary N) is 1. The van der Waals surface area contributed by atoms with Gasteiger partial charge in [-0.25, -0.2) is 0 Å². The van der Waals surface area contributed by atoms with E-state index in [9.17, 15) is 4.79 Å². The highest BCUT2D eigenvalue weighted by molar-refractivity contribution is 5.92. The second-order valence-electron chi connectivity index (χ2n) is 4.81. The Morgan fingerprint density at radius 1 is 1.32 bits per heavy atom. The summed E-state index contributed by atoms with van der Waals surface area (Å²) in [7, 11) is 1.42. The molecule has 0 amide bonds. The van der Waals surface area contributed by atoms with Crippen LogP contribution in [0.25, 0.3) is 10.9 Å². The van der Waals surface area contributed by atoms with Gasteiger partial charge in [0.25, 0.3) is 0 Å². The Balaban J connectivity index is 2.64. The topological polar surface area (TPSA) is 57.2 Å². The third kappa shape index (κ3) is 2.49. The van der Waals surface area contributed by atoms with E-state index in [1.807, 2.05) is 6.20 Å². The van der Waals surface area contributed by atoms with Crippen LogP contribution in [0.15, 0.2) is 18.3 Å². The molecule has 0 fully saturated rings. The molecule has 0 aliphatic rings. The lowest BCUT2D eigenvalue weighted by atomic mass is 10.0. The van der Waals surface area contributed by atoms with Crippen LogP contribution in [0.3, 0.4) is 0 Å². The first-order chi connectivity index (χ1) is 9.08. The zero-order chi connectivity index (χ0) is 14.0. The molecular formula is C15H20N2O2. The summed E-state index contributed by atoms with van der Waals surface area (Å²) in [5.74, 6) is -0.215. The smallest absolute Gasteiger partial charge is 0.310 e. The molecule has 2 N–H and O–H groups in total. The Labute approximate surface area is 113 Å². The van der Waals surface area contributed by atoms with Crippen molar-refractivity contribution in [1.29, 1.82) is 0 Å². The van der Waals surface area contributed by atoms with Crippen molar-refractivity contribution in [3.8, 4) is 0 Å². The van der Waals surface area contributed by atoms with Crippen LogP contribution in [0, 0.1) is 13.8 Å². The zero-order valence-electron chi connectivity index (χ0n) is 11.7. The second-order valence-corrected chi connectivity index (χ2v) is 4.81. The maximum atomic E-state index is 11.5. The molecule has 1 heterocycles. The predicted molar refractivity (Wildman–Crippen MR) is 76.2 cm³/mol. The number of ether oxygens (including phenoxy) is 1. The molecule has 0 atom stereocenters. The molecule has 0 aliphatic heterocycles. The lowest BCUT2D eigenvalue weighted by Crippen LogP contribution is -2.09. The van der Waals surface area contributed by atoms with Gasteiger partial charge in [0.2, 0.25) is 0 Å². The number of aromatic nitrogens is 1. The van der Waals surface area contributed by atoms with Crippen LogP contribution in [0.1, 0.15) is 16.7 Å². The largest absolute Gasteiger partial charge is 0.469 e. The van der Waals surface area contributed by atoms with Gasteiger partial charge >= 0.3 is 5.97 Å². The van der Waals surface area contributed by atoms with Crippen LogP contribution in [-0.4, -0.2) is 24.2 Å². The van der Waals surface area contributed by atoms with Crippen molar-refractivity contribution in [3.05, 3.63) is 35.0 Å². The van der Waals surface area contributed by atoms with E-state index in [1.54, 1.807) is 0 Å². The minimum atomic E-state index is -0.215. The van der Waals surface area contributed by atoms with Crippen molar-refractivity contribution in [2.45, 2.75) is 26.8 Å². The van der Waals surface area contributed by atoms with E-state index in [-0.39, 0.29) is 5.97 Å². The Bertz CT molecular complexity index is 614. The maximum Gasteiger partial charge on any atom is 0.310 e. The summed E-state index contributed by atoms with van der Waals surface area (Å²) in [6.07, 6.45) is 2.32. The average molecular weight is 260 g/mol. The summed E-state index contributed by atoms with van der Waals surface area (Å²) in [5, 5.41) is 1.15. The van der Waals surface area contributed by atoms with Crippen molar-refractivity contribution in [2.24, 2.45) is 5.73 Å². The molecule has 0 unspecified atom stereocenters. The number of esters is 1. The van der Waals surface area contributed by atoms with E-state index in [2.05, 4.69) is 30.5 Å². The average Bonchev–Trinajstić information content (AvgIpc) is 2.74. The van der Waals surface area contributed by atoms with E-state index in [1.165, 1.54) is 23.8 Å². The molecule has 1 aromatic heterocycles. The highest BCUT2D eigenvalue weighted by atomic mass is 16.5. The van der Waals surface area contributed by atoms with E-state index in [0.717, 1.165) is 17.5 Å². The van der Waals surface area contributed by atoms with E-state index < -0.39 is 0 Å². The number of methoxy groups -OCH3 is 1. The monoisotopic (exact) mass is 260 g/mol. The molecule has 1 aromatic carbocycles. The SMILES string of the molecule is COC(=O)Cc1cn(CCN)c2c(C)ccc(C)c12. The van der Waals surface area contributed by atoms with Crippen LogP contribution < -0.4 is 5.73 Å². The molecular weight excluding hydrogens is 240 g/mol. The minimum Gasteiger partial charge on any atom is -0.469 e. The first-order valence-electron chi connectivity index (χ1n) is 6.43. The van der Waals surface area contributed by atoms with Crippen LogP contribution in [0.4, 0.5) is 0 Å². The van der Waals surface area contributed by atoms with Crippen LogP contribution in [0.5, 0.6) is 0 Å². The highest BCUT2D eigenvalue weighted by Gasteiger charge is 2.15.